The van der Waals surface area contributed by atoms with Gasteiger partial charge in [-0.2, -0.15) is 0 Å². The van der Waals surface area contributed by atoms with Crippen LogP contribution in [0.4, 0.5) is 0 Å². The number of Topliss-reactive ketones (excluding diaryl/α,β-unsaturated/α-hetero) is 2. The molecule has 2 aliphatic carbocycles. The number of carbonyl (C=O) groups excluding carboxylic acids is 2. The molecule has 0 aromatic heterocycles. The third kappa shape index (κ3) is 5.70. The standard InChI is InChI=1S/C17H15ClO.C10H8BrClO/c18-17-11-14-10-16(19)7-6-13(14)9-15(17)8-12-4-2-1-3-5-12;11-9-4-6-1-2-8(13)3-7(6)5-10(9)12/h1-5,9,11H,6-8,10H2;4-5H,1-3H2. The van der Waals surface area contributed by atoms with Crippen LogP contribution in [0.15, 0.2) is 59.1 Å². The van der Waals surface area contributed by atoms with Gasteiger partial charge < -0.3 is 0 Å². The SMILES string of the molecule is O=C1CCc2cc(Br)c(Cl)cc2C1.O=C1CCc2cc(Cc3ccccc3)c(Cl)cc2C1. The number of hydrogen-bond donors (Lipinski definition) is 0. The van der Waals surface area contributed by atoms with Gasteiger partial charge in [-0.15, -0.1) is 0 Å². The number of rotatable bonds is 2. The third-order valence-corrected chi connectivity index (χ3v) is 7.52. The number of ketones is 2. The van der Waals surface area contributed by atoms with Gasteiger partial charge in [-0.05, 0) is 86.8 Å². The minimum atomic E-state index is 0.311. The molecule has 0 heterocycles. The number of carbonyl (C=O) groups is 2. The molecule has 0 bridgehead atoms. The molecule has 3 aromatic rings. The van der Waals surface area contributed by atoms with Crippen molar-refractivity contribution in [1.82, 2.24) is 0 Å². The van der Waals surface area contributed by atoms with Crippen LogP contribution < -0.4 is 0 Å². The Labute approximate surface area is 207 Å². The Kier molecular flexibility index (Phi) is 7.50. The second-order valence-corrected chi connectivity index (χ2v) is 10.0. The van der Waals surface area contributed by atoms with E-state index in [9.17, 15) is 9.59 Å². The molecule has 0 amide bonds. The van der Waals surface area contributed by atoms with Crippen molar-refractivity contribution in [2.24, 2.45) is 0 Å². The van der Waals surface area contributed by atoms with Gasteiger partial charge >= 0.3 is 0 Å². The van der Waals surface area contributed by atoms with Gasteiger partial charge in [0.2, 0.25) is 0 Å². The Bertz CT molecular complexity index is 1170. The smallest absolute Gasteiger partial charge is 0.137 e. The first-order valence-corrected chi connectivity index (χ1v) is 12.3. The Hall–Kier alpha value is -1.94. The highest BCUT2D eigenvalue weighted by molar-refractivity contribution is 9.10. The molecule has 0 atom stereocenters. The van der Waals surface area contributed by atoms with Crippen molar-refractivity contribution in [3.05, 3.63) is 102 Å². The van der Waals surface area contributed by atoms with Crippen LogP contribution in [0.1, 0.15) is 46.2 Å². The van der Waals surface area contributed by atoms with E-state index in [2.05, 4.69) is 34.1 Å². The molecule has 0 N–H and O–H groups in total. The van der Waals surface area contributed by atoms with Crippen molar-refractivity contribution >= 4 is 50.7 Å². The number of halogens is 3. The highest BCUT2D eigenvalue weighted by Crippen LogP contribution is 2.30. The van der Waals surface area contributed by atoms with E-state index >= 15 is 0 Å². The van der Waals surface area contributed by atoms with Gasteiger partial charge in [-0.1, -0.05) is 59.6 Å². The Balaban J connectivity index is 0.000000165. The zero-order valence-electron chi connectivity index (χ0n) is 17.6. The molecule has 0 spiro atoms. The topological polar surface area (TPSA) is 34.1 Å². The summed E-state index contributed by atoms with van der Waals surface area (Å²) in [5.41, 5.74) is 7.14. The molecule has 0 unspecified atom stereocenters. The minimum absolute atomic E-state index is 0.311. The largest absolute Gasteiger partial charge is 0.299 e. The van der Waals surface area contributed by atoms with Crippen molar-refractivity contribution in [2.75, 3.05) is 0 Å². The van der Waals surface area contributed by atoms with Gasteiger partial charge in [0.1, 0.15) is 11.6 Å². The summed E-state index contributed by atoms with van der Waals surface area (Å²) in [4.78, 5) is 22.6. The lowest BCUT2D eigenvalue weighted by Crippen LogP contribution is -2.13. The van der Waals surface area contributed by atoms with E-state index in [1.54, 1.807) is 0 Å². The Morgan fingerprint density at radius 3 is 1.88 bits per heavy atom. The van der Waals surface area contributed by atoms with E-state index in [4.69, 9.17) is 23.2 Å². The predicted octanol–water partition coefficient (Wildman–Crippen LogP) is 7.15. The fraction of sp³-hybridized carbons (Fsp3) is 0.259. The molecule has 2 nitrogen and oxygen atoms in total. The van der Waals surface area contributed by atoms with Crippen LogP contribution >= 0.6 is 39.1 Å². The van der Waals surface area contributed by atoms with E-state index in [1.807, 2.05) is 36.4 Å². The number of fused-ring (bicyclic) bond motifs is 2. The van der Waals surface area contributed by atoms with Crippen molar-refractivity contribution in [3.63, 3.8) is 0 Å². The zero-order chi connectivity index (χ0) is 22.7. The highest BCUT2D eigenvalue weighted by Gasteiger charge is 2.18. The van der Waals surface area contributed by atoms with Crippen LogP contribution in [0.2, 0.25) is 10.0 Å². The molecule has 0 radical (unpaired) electrons. The van der Waals surface area contributed by atoms with Gasteiger partial charge in [0.05, 0.1) is 5.02 Å². The molecule has 0 fully saturated rings. The van der Waals surface area contributed by atoms with Gasteiger partial charge in [0.25, 0.3) is 0 Å². The van der Waals surface area contributed by atoms with Crippen LogP contribution in [-0.2, 0) is 41.7 Å². The molecule has 0 saturated carbocycles. The molecule has 2 aliphatic rings. The lowest BCUT2D eigenvalue weighted by molar-refractivity contribution is -0.119. The van der Waals surface area contributed by atoms with Crippen LogP contribution in [0.5, 0.6) is 0 Å². The van der Waals surface area contributed by atoms with Crippen molar-refractivity contribution < 1.29 is 9.59 Å². The molecule has 3 aromatic carbocycles. The first-order chi connectivity index (χ1) is 15.4. The number of hydrogen-bond acceptors (Lipinski definition) is 2. The minimum Gasteiger partial charge on any atom is -0.299 e. The van der Waals surface area contributed by atoms with Gasteiger partial charge in [-0.25, -0.2) is 0 Å². The Morgan fingerprint density at radius 1 is 0.688 bits per heavy atom. The molecule has 164 valence electrons. The normalized spacial score (nSPS) is 14.8. The van der Waals surface area contributed by atoms with Crippen molar-refractivity contribution in [1.29, 1.82) is 0 Å². The molecular weight excluding hydrogens is 507 g/mol. The van der Waals surface area contributed by atoms with E-state index in [0.29, 0.717) is 42.3 Å². The van der Waals surface area contributed by atoms with Crippen LogP contribution in [0.25, 0.3) is 0 Å². The lowest BCUT2D eigenvalue weighted by Gasteiger charge is -2.17. The number of aryl methyl sites for hydroxylation is 2. The van der Waals surface area contributed by atoms with Gasteiger partial charge in [0.15, 0.2) is 0 Å². The summed E-state index contributed by atoms with van der Waals surface area (Å²) < 4.78 is 0.919. The molecule has 0 aliphatic heterocycles. The predicted molar refractivity (Wildman–Crippen MR) is 134 cm³/mol. The maximum Gasteiger partial charge on any atom is 0.137 e. The van der Waals surface area contributed by atoms with E-state index in [-0.39, 0.29) is 0 Å². The molecule has 5 heteroatoms. The van der Waals surface area contributed by atoms with Crippen molar-refractivity contribution in [3.8, 4) is 0 Å². The quantitative estimate of drug-likeness (QED) is 0.353. The van der Waals surface area contributed by atoms with Crippen LogP contribution in [-0.4, -0.2) is 11.6 Å². The third-order valence-electron chi connectivity index (χ3n) is 5.97. The summed E-state index contributed by atoms with van der Waals surface area (Å²) in [7, 11) is 0. The van der Waals surface area contributed by atoms with E-state index in [1.165, 1.54) is 16.7 Å². The summed E-state index contributed by atoms with van der Waals surface area (Å²) in [6, 6.07) is 18.4. The summed E-state index contributed by atoms with van der Waals surface area (Å²) in [6.07, 6.45) is 4.97. The first kappa shape index (κ1) is 23.2. The first-order valence-electron chi connectivity index (χ1n) is 10.7. The fourth-order valence-electron chi connectivity index (χ4n) is 4.24. The average Bonchev–Trinajstić information content (AvgIpc) is 2.77. The zero-order valence-corrected chi connectivity index (χ0v) is 20.7. The summed E-state index contributed by atoms with van der Waals surface area (Å²) >= 11 is 15.7. The van der Waals surface area contributed by atoms with Crippen LogP contribution in [0.3, 0.4) is 0 Å². The maximum absolute atomic E-state index is 11.5. The van der Waals surface area contributed by atoms with E-state index in [0.717, 1.165) is 45.4 Å². The van der Waals surface area contributed by atoms with E-state index < -0.39 is 0 Å². The monoisotopic (exact) mass is 528 g/mol. The fourth-order valence-corrected chi connectivity index (χ4v) is 5.07. The summed E-state index contributed by atoms with van der Waals surface area (Å²) in [6.45, 7) is 0. The maximum atomic E-state index is 11.5. The van der Waals surface area contributed by atoms with Gasteiger partial charge in [0, 0.05) is 35.2 Å². The number of benzene rings is 3. The van der Waals surface area contributed by atoms with Crippen molar-refractivity contribution in [2.45, 2.75) is 44.9 Å². The molecule has 32 heavy (non-hydrogen) atoms. The second kappa shape index (κ2) is 10.3. The molecule has 5 rings (SSSR count). The molecule has 0 saturated heterocycles. The van der Waals surface area contributed by atoms with Gasteiger partial charge in [-0.3, -0.25) is 9.59 Å². The summed E-state index contributed by atoms with van der Waals surface area (Å²) in [5.74, 6) is 0.630. The summed E-state index contributed by atoms with van der Waals surface area (Å²) in [5, 5.41) is 1.46. The average molecular weight is 530 g/mol. The van der Waals surface area contributed by atoms with Crippen LogP contribution in [0, 0.1) is 0 Å². The second-order valence-electron chi connectivity index (χ2n) is 8.34. The molecular formula is C27H23BrCl2O2. The Morgan fingerprint density at radius 2 is 1.25 bits per heavy atom. The highest BCUT2D eigenvalue weighted by atomic mass is 79.9. The lowest BCUT2D eigenvalue weighted by atomic mass is 9.88.